The zero-order chi connectivity index (χ0) is 20.2. The summed E-state index contributed by atoms with van der Waals surface area (Å²) in [4.78, 5) is 38.4. The van der Waals surface area contributed by atoms with Gasteiger partial charge in [0.05, 0.1) is 12.2 Å². The van der Waals surface area contributed by atoms with Gasteiger partial charge in [0.1, 0.15) is 6.04 Å². The number of carbonyl (C=O) groups is 3. The fourth-order valence-electron chi connectivity index (χ4n) is 5.50. The molecule has 3 amide bonds. The normalized spacial score (nSPS) is 32.9. The lowest BCUT2D eigenvalue weighted by Crippen LogP contribution is -2.52. The molecule has 6 rings (SSSR count). The van der Waals surface area contributed by atoms with Crippen molar-refractivity contribution in [1.82, 2.24) is 15.5 Å². The fraction of sp³-hybridized carbons (Fsp3) is 0.571. The molecule has 8 heteroatoms. The van der Waals surface area contributed by atoms with Crippen LogP contribution < -0.4 is 16.4 Å². The molecule has 1 aliphatic carbocycles. The number of hydrogen-bond donors (Lipinski definition) is 3. The smallest absolute Gasteiger partial charge is 0.255 e. The number of rotatable bonds is 6. The van der Waals surface area contributed by atoms with Crippen molar-refractivity contribution in [2.24, 2.45) is 11.1 Å². The summed E-state index contributed by atoms with van der Waals surface area (Å²) >= 11 is 0. The molecule has 29 heavy (non-hydrogen) atoms. The summed E-state index contributed by atoms with van der Waals surface area (Å²) in [6.07, 6.45) is 2.64. The van der Waals surface area contributed by atoms with Crippen LogP contribution in [-0.4, -0.2) is 54.0 Å². The van der Waals surface area contributed by atoms with E-state index in [1.165, 1.54) is 0 Å². The molecular formula is C21H26N4O4. The number of benzene rings is 1. The van der Waals surface area contributed by atoms with Gasteiger partial charge in [0, 0.05) is 43.6 Å². The number of piperidine rings is 1. The van der Waals surface area contributed by atoms with Crippen LogP contribution in [0.15, 0.2) is 18.2 Å². The van der Waals surface area contributed by atoms with Gasteiger partial charge in [-0.05, 0) is 30.4 Å². The van der Waals surface area contributed by atoms with Crippen molar-refractivity contribution in [3.8, 4) is 0 Å². The number of imide groups is 1. The molecule has 0 radical (unpaired) electrons. The third-order valence-electron chi connectivity index (χ3n) is 6.91. The highest BCUT2D eigenvalue weighted by Crippen LogP contribution is 2.56. The van der Waals surface area contributed by atoms with Gasteiger partial charge in [-0.3, -0.25) is 19.7 Å². The quantitative estimate of drug-likeness (QED) is 0.584. The van der Waals surface area contributed by atoms with E-state index in [9.17, 15) is 14.4 Å². The average Bonchev–Trinajstić information content (AvgIpc) is 3.32. The summed E-state index contributed by atoms with van der Waals surface area (Å²) in [7, 11) is 0. The molecule has 4 fully saturated rings. The number of nitrogens with one attached hydrogen (secondary N) is 2. The van der Waals surface area contributed by atoms with Crippen LogP contribution in [-0.2, 0) is 27.4 Å². The third kappa shape index (κ3) is 2.97. The highest BCUT2D eigenvalue weighted by Gasteiger charge is 2.61. The Balaban J connectivity index is 1.26. The molecule has 4 N–H and O–H groups in total. The van der Waals surface area contributed by atoms with Crippen LogP contribution >= 0.6 is 0 Å². The minimum atomic E-state index is -0.581. The molecule has 0 aromatic heterocycles. The van der Waals surface area contributed by atoms with Gasteiger partial charge in [-0.1, -0.05) is 18.2 Å². The van der Waals surface area contributed by atoms with E-state index in [1.54, 1.807) is 4.90 Å². The molecule has 4 aliphatic heterocycles. The standard InChI is InChI=1S/C21H26N4O4/c22-10-21-8-20(9-21,12-29-21)11-23-6-13-2-1-3-14-7-25(19(28)17(13)14)15-4-5-16(26)24-18(15)27/h1-3,15,23H,4-12,22H2,(H,24,26,27). The summed E-state index contributed by atoms with van der Waals surface area (Å²) in [6.45, 7) is 3.15. The molecule has 3 saturated heterocycles. The molecule has 1 aromatic carbocycles. The first-order valence-corrected chi connectivity index (χ1v) is 10.2. The van der Waals surface area contributed by atoms with Crippen molar-refractivity contribution in [3.05, 3.63) is 34.9 Å². The molecule has 1 unspecified atom stereocenters. The van der Waals surface area contributed by atoms with Crippen LogP contribution in [0.4, 0.5) is 0 Å². The fourth-order valence-corrected chi connectivity index (χ4v) is 5.50. The monoisotopic (exact) mass is 398 g/mol. The molecule has 2 bridgehead atoms. The largest absolute Gasteiger partial charge is 0.373 e. The lowest BCUT2D eigenvalue weighted by atomic mass is 9.62. The Kier molecular flexibility index (Phi) is 4.27. The second-order valence-corrected chi connectivity index (χ2v) is 8.98. The van der Waals surface area contributed by atoms with Crippen LogP contribution in [0.1, 0.15) is 47.2 Å². The predicted molar refractivity (Wildman–Crippen MR) is 104 cm³/mol. The molecular weight excluding hydrogens is 372 g/mol. The number of carbonyl (C=O) groups excluding carboxylic acids is 3. The van der Waals surface area contributed by atoms with E-state index in [0.717, 1.165) is 37.1 Å². The van der Waals surface area contributed by atoms with Crippen LogP contribution in [0.5, 0.6) is 0 Å². The van der Waals surface area contributed by atoms with Crippen molar-refractivity contribution < 1.29 is 19.1 Å². The van der Waals surface area contributed by atoms with Crippen LogP contribution in [0.2, 0.25) is 0 Å². The molecule has 4 heterocycles. The van der Waals surface area contributed by atoms with E-state index >= 15 is 0 Å². The predicted octanol–water partition coefficient (Wildman–Crippen LogP) is 0.0451. The second-order valence-electron chi connectivity index (χ2n) is 8.98. The summed E-state index contributed by atoms with van der Waals surface area (Å²) in [5.74, 6) is -0.777. The SMILES string of the molecule is NCC12CC(CNCc3cccc4c3C(=O)N(C3CCC(=O)NC3=O)C4)(CO1)C2. The van der Waals surface area contributed by atoms with Gasteiger partial charge >= 0.3 is 0 Å². The number of fused-ring (bicyclic) bond motifs is 2. The first kappa shape index (κ1) is 18.7. The number of amides is 3. The maximum absolute atomic E-state index is 13.1. The van der Waals surface area contributed by atoms with Crippen LogP contribution in [0.3, 0.4) is 0 Å². The Hall–Kier alpha value is -2.29. The molecule has 8 nitrogen and oxygen atoms in total. The van der Waals surface area contributed by atoms with E-state index in [2.05, 4.69) is 10.6 Å². The van der Waals surface area contributed by atoms with E-state index in [1.807, 2.05) is 18.2 Å². The Morgan fingerprint density at radius 2 is 2.10 bits per heavy atom. The first-order chi connectivity index (χ1) is 13.9. The Labute approximate surface area is 169 Å². The maximum Gasteiger partial charge on any atom is 0.255 e. The Bertz CT molecular complexity index is 893. The average molecular weight is 398 g/mol. The summed E-state index contributed by atoms with van der Waals surface area (Å²) in [6, 6.07) is 5.28. The Morgan fingerprint density at radius 3 is 2.83 bits per heavy atom. The molecule has 0 spiro atoms. The highest BCUT2D eigenvalue weighted by molar-refractivity contribution is 6.05. The summed E-state index contributed by atoms with van der Waals surface area (Å²) in [5, 5.41) is 5.85. The van der Waals surface area contributed by atoms with E-state index < -0.39 is 6.04 Å². The lowest BCUT2D eigenvalue weighted by molar-refractivity contribution is -0.136. The molecule has 154 valence electrons. The second kappa shape index (κ2) is 6.62. The molecule has 1 atom stereocenters. The van der Waals surface area contributed by atoms with Crippen LogP contribution in [0, 0.1) is 5.41 Å². The van der Waals surface area contributed by atoms with Gasteiger partial charge in [-0.15, -0.1) is 0 Å². The van der Waals surface area contributed by atoms with Gasteiger partial charge in [0.15, 0.2) is 0 Å². The minimum absolute atomic E-state index is 0.103. The van der Waals surface area contributed by atoms with Gasteiger partial charge in [0.2, 0.25) is 11.8 Å². The minimum Gasteiger partial charge on any atom is -0.373 e. The topological polar surface area (TPSA) is 114 Å². The zero-order valence-electron chi connectivity index (χ0n) is 16.3. The Morgan fingerprint density at radius 1 is 1.28 bits per heavy atom. The van der Waals surface area contributed by atoms with Gasteiger partial charge < -0.3 is 20.7 Å². The molecule has 1 aromatic rings. The van der Waals surface area contributed by atoms with Gasteiger partial charge in [-0.2, -0.15) is 0 Å². The number of nitrogens with zero attached hydrogens (tertiary/aromatic N) is 1. The van der Waals surface area contributed by atoms with E-state index in [-0.39, 0.29) is 35.2 Å². The van der Waals surface area contributed by atoms with Crippen molar-refractivity contribution in [2.45, 2.75) is 50.4 Å². The number of hydrogen-bond acceptors (Lipinski definition) is 6. The van der Waals surface area contributed by atoms with Gasteiger partial charge in [-0.25, -0.2) is 0 Å². The first-order valence-electron chi connectivity index (χ1n) is 10.2. The number of nitrogens with two attached hydrogens (primary N) is 1. The summed E-state index contributed by atoms with van der Waals surface area (Å²) < 4.78 is 5.87. The molecule has 5 aliphatic rings. The third-order valence-corrected chi connectivity index (χ3v) is 6.91. The van der Waals surface area contributed by atoms with Crippen LogP contribution in [0.25, 0.3) is 0 Å². The van der Waals surface area contributed by atoms with Crippen molar-refractivity contribution >= 4 is 17.7 Å². The zero-order valence-corrected chi connectivity index (χ0v) is 16.3. The van der Waals surface area contributed by atoms with E-state index in [0.29, 0.717) is 31.6 Å². The maximum atomic E-state index is 13.1. The lowest BCUT2D eigenvalue weighted by Gasteiger charge is -2.44. The highest BCUT2D eigenvalue weighted by atomic mass is 16.5. The summed E-state index contributed by atoms with van der Waals surface area (Å²) in [5.41, 5.74) is 8.46. The van der Waals surface area contributed by atoms with Crippen molar-refractivity contribution in [1.29, 1.82) is 0 Å². The van der Waals surface area contributed by atoms with E-state index in [4.69, 9.17) is 10.5 Å². The van der Waals surface area contributed by atoms with Gasteiger partial charge in [0.25, 0.3) is 5.91 Å². The van der Waals surface area contributed by atoms with Crippen molar-refractivity contribution in [3.63, 3.8) is 0 Å². The molecule has 1 saturated carbocycles. The van der Waals surface area contributed by atoms with Crippen molar-refractivity contribution in [2.75, 3.05) is 19.7 Å². The number of ether oxygens (including phenoxy) is 1.